The third kappa shape index (κ3) is 6.21. The van der Waals surface area contributed by atoms with Crippen molar-refractivity contribution in [1.82, 2.24) is 19.7 Å². The monoisotopic (exact) mass is 458 g/mol. The second kappa shape index (κ2) is 12.0. The van der Waals surface area contributed by atoms with Crippen molar-refractivity contribution in [3.05, 3.63) is 41.7 Å². The van der Waals surface area contributed by atoms with Crippen molar-refractivity contribution >= 4 is 5.91 Å². The van der Waals surface area contributed by atoms with Gasteiger partial charge in [0.2, 0.25) is 5.75 Å². The second-order valence-electron chi connectivity index (χ2n) is 8.21. The summed E-state index contributed by atoms with van der Waals surface area (Å²) in [5.41, 5.74) is 1.69. The first-order chi connectivity index (χ1) is 16.0. The molecule has 1 aromatic heterocycles. The highest BCUT2D eigenvalue weighted by molar-refractivity contribution is 5.95. The molecular weight excluding hydrogens is 420 g/mol. The Bertz CT molecular complexity index is 879. The fourth-order valence-electron chi connectivity index (χ4n) is 4.19. The van der Waals surface area contributed by atoms with E-state index in [9.17, 15) is 4.79 Å². The maximum absolute atomic E-state index is 13.2. The van der Waals surface area contributed by atoms with Crippen molar-refractivity contribution in [2.45, 2.75) is 26.8 Å². The lowest BCUT2D eigenvalue weighted by Gasteiger charge is -2.38. The number of hydrogen-bond acceptors (Lipinski definition) is 6. The molecule has 1 amide bonds. The number of ether oxygens (including phenoxy) is 3. The normalized spacial score (nSPS) is 15.8. The van der Waals surface area contributed by atoms with E-state index >= 15 is 0 Å². The molecule has 3 rings (SSSR count). The number of aromatic nitrogens is 1. The van der Waals surface area contributed by atoms with Gasteiger partial charge in [0, 0.05) is 57.2 Å². The Hall–Kier alpha value is -2.71. The summed E-state index contributed by atoms with van der Waals surface area (Å²) in [4.78, 5) is 18.0. The molecule has 0 radical (unpaired) electrons. The third-order valence-electron chi connectivity index (χ3n) is 5.93. The minimum Gasteiger partial charge on any atom is -0.490 e. The molecule has 0 saturated carbocycles. The number of carbonyl (C=O) groups is 1. The first-order valence-electron chi connectivity index (χ1n) is 11.9. The fourth-order valence-corrected chi connectivity index (χ4v) is 4.19. The predicted molar refractivity (Wildman–Crippen MR) is 130 cm³/mol. The largest absolute Gasteiger partial charge is 0.490 e. The molecule has 8 nitrogen and oxygen atoms in total. The topological polar surface area (TPSA) is 68.2 Å². The van der Waals surface area contributed by atoms with Gasteiger partial charge in [-0.3, -0.25) is 9.69 Å². The molecule has 182 valence electrons. The van der Waals surface area contributed by atoms with Crippen LogP contribution in [0.25, 0.3) is 0 Å². The highest BCUT2D eigenvalue weighted by atomic mass is 16.5. The molecule has 0 spiro atoms. The summed E-state index contributed by atoms with van der Waals surface area (Å²) < 4.78 is 19.4. The van der Waals surface area contributed by atoms with Gasteiger partial charge >= 0.3 is 0 Å². The number of likely N-dealkylation sites (N-methyl/N-ethyl adjacent to an activating group) is 1. The molecular formula is C25H38N4O4. The number of amides is 1. The maximum Gasteiger partial charge on any atom is 0.251 e. The summed E-state index contributed by atoms with van der Waals surface area (Å²) in [6.07, 6.45) is 2.05. The fraction of sp³-hybridized carbons (Fsp3) is 0.560. The zero-order valence-corrected chi connectivity index (χ0v) is 20.6. The van der Waals surface area contributed by atoms with Crippen LogP contribution in [0, 0.1) is 0 Å². The van der Waals surface area contributed by atoms with E-state index in [1.807, 2.05) is 20.8 Å². The van der Waals surface area contributed by atoms with E-state index in [-0.39, 0.29) is 11.9 Å². The smallest absolute Gasteiger partial charge is 0.251 e. The van der Waals surface area contributed by atoms with Crippen molar-refractivity contribution in [3.8, 4) is 17.2 Å². The van der Waals surface area contributed by atoms with Gasteiger partial charge in [0.15, 0.2) is 11.5 Å². The molecule has 33 heavy (non-hydrogen) atoms. The van der Waals surface area contributed by atoms with Crippen LogP contribution in [-0.2, 0) is 7.05 Å². The number of rotatable bonds is 11. The van der Waals surface area contributed by atoms with Crippen LogP contribution in [0.15, 0.2) is 30.5 Å². The third-order valence-corrected chi connectivity index (χ3v) is 5.93. The molecule has 2 heterocycles. The van der Waals surface area contributed by atoms with E-state index in [1.54, 1.807) is 12.1 Å². The molecule has 8 heteroatoms. The highest BCUT2D eigenvalue weighted by Crippen LogP contribution is 2.39. The van der Waals surface area contributed by atoms with E-state index in [0.717, 1.165) is 26.2 Å². The Morgan fingerprint density at radius 3 is 2.09 bits per heavy atom. The molecule has 1 aliphatic heterocycles. The van der Waals surface area contributed by atoms with Crippen LogP contribution in [0.1, 0.15) is 42.9 Å². The highest BCUT2D eigenvalue weighted by Gasteiger charge is 2.26. The van der Waals surface area contributed by atoms with Crippen molar-refractivity contribution in [3.63, 3.8) is 0 Å². The molecule has 1 unspecified atom stereocenters. The van der Waals surface area contributed by atoms with Crippen molar-refractivity contribution in [2.75, 3.05) is 59.6 Å². The molecule has 1 N–H and O–H groups in total. The number of piperazine rings is 1. The zero-order valence-electron chi connectivity index (χ0n) is 20.6. The molecule has 1 atom stereocenters. The number of aryl methyl sites for hydroxylation is 1. The van der Waals surface area contributed by atoms with Gasteiger partial charge in [-0.25, -0.2) is 0 Å². The van der Waals surface area contributed by atoms with Crippen LogP contribution in [0.4, 0.5) is 0 Å². The van der Waals surface area contributed by atoms with E-state index in [4.69, 9.17) is 14.2 Å². The average Bonchev–Trinajstić information content (AvgIpc) is 3.22. The van der Waals surface area contributed by atoms with E-state index in [0.29, 0.717) is 49.2 Å². The quantitative estimate of drug-likeness (QED) is 0.559. The van der Waals surface area contributed by atoms with Crippen LogP contribution in [0.3, 0.4) is 0 Å². The van der Waals surface area contributed by atoms with E-state index in [1.165, 1.54) is 5.69 Å². The summed E-state index contributed by atoms with van der Waals surface area (Å²) in [5, 5.41) is 3.15. The predicted octanol–water partition coefficient (Wildman–Crippen LogP) is 2.94. The molecule has 0 bridgehead atoms. The molecule has 1 aromatic carbocycles. The Morgan fingerprint density at radius 2 is 1.58 bits per heavy atom. The lowest BCUT2D eigenvalue weighted by atomic mass is 10.1. The maximum atomic E-state index is 13.2. The van der Waals surface area contributed by atoms with Gasteiger partial charge in [-0.2, -0.15) is 0 Å². The number of benzene rings is 1. The minimum absolute atomic E-state index is 0.100. The van der Waals surface area contributed by atoms with Gasteiger partial charge in [-0.1, -0.05) is 0 Å². The number of nitrogens with zero attached hydrogens (tertiary/aromatic N) is 3. The Morgan fingerprint density at radius 1 is 0.970 bits per heavy atom. The molecule has 1 fully saturated rings. The van der Waals surface area contributed by atoms with E-state index in [2.05, 4.69) is 52.1 Å². The van der Waals surface area contributed by atoms with Crippen molar-refractivity contribution < 1.29 is 19.0 Å². The molecule has 0 aliphatic carbocycles. The summed E-state index contributed by atoms with van der Waals surface area (Å²) >= 11 is 0. The summed E-state index contributed by atoms with van der Waals surface area (Å²) in [7, 11) is 4.20. The minimum atomic E-state index is -0.159. The Labute approximate surface area is 197 Å². The van der Waals surface area contributed by atoms with Crippen molar-refractivity contribution in [2.24, 2.45) is 7.05 Å². The Balaban J connectivity index is 1.81. The number of carbonyl (C=O) groups excluding carboxylic acids is 1. The zero-order chi connectivity index (χ0) is 23.8. The SMILES string of the molecule is CCOc1cc(C(=O)NCC(c2cccn2C)N2CCN(C)CC2)cc(OCC)c1OCC. The van der Waals surface area contributed by atoms with Gasteiger partial charge in [-0.15, -0.1) is 0 Å². The number of nitrogens with one attached hydrogen (secondary N) is 1. The first-order valence-corrected chi connectivity index (χ1v) is 11.9. The lowest BCUT2D eigenvalue weighted by molar-refractivity contribution is 0.0876. The molecule has 2 aromatic rings. The number of hydrogen-bond donors (Lipinski definition) is 1. The molecule has 1 saturated heterocycles. The second-order valence-corrected chi connectivity index (χ2v) is 8.21. The van der Waals surface area contributed by atoms with Crippen LogP contribution in [0.2, 0.25) is 0 Å². The van der Waals surface area contributed by atoms with Crippen LogP contribution in [-0.4, -0.2) is 79.9 Å². The molecule has 1 aliphatic rings. The van der Waals surface area contributed by atoms with Gasteiger partial charge in [0.05, 0.1) is 25.9 Å². The van der Waals surface area contributed by atoms with Crippen LogP contribution in [0.5, 0.6) is 17.2 Å². The van der Waals surface area contributed by atoms with Gasteiger partial charge in [0.1, 0.15) is 0 Å². The van der Waals surface area contributed by atoms with Crippen LogP contribution >= 0.6 is 0 Å². The van der Waals surface area contributed by atoms with Crippen LogP contribution < -0.4 is 19.5 Å². The Kier molecular flexibility index (Phi) is 9.03. The standard InChI is InChI=1S/C25H38N4O4/c1-6-31-22-16-19(17-23(32-7-2)24(22)33-8-3)25(30)26-18-21(20-10-9-11-28(20)5)29-14-12-27(4)13-15-29/h9-11,16-17,21H,6-8,12-15,18H2,1-5H3,(H,26,30). The summed E-state index contributed by atoms with van der Waals surface area (Å²) in [6.45, 7) is 11.6. The van der Waals surface area contributed by atoms with Gasteiger partial charge < -0.3 is 29.0 Å². The first kappa shape index (κ1) is 24.9. The van der Waals surface area contributed by atoms with Crippen molar-refractivity contribution in [1.29, 1.82) is 0 Å². The van der Waals surface area contributed by atoms with E-state index < -0.39 is 0 Å². The summed E-state index contributed by atoms with van der Waals surface area (Å²) in [5.74, 6) is 1.42. The van der Waals surface area contributed by atoms with Gasteiger partial charge in [0.25, 0.3) is 5.91 Å². The van der Waals surface area contributed by atoms with Gasteiger partial charge in [-0.05, 0) is 52.1 Å². The average molecular weight is 459 g/mol. The lowest BCUT2D eigenvalue weighted by Crippen LogP contribution is -2.48. The summed E-state index contributed by atoms with van der Waals surface area (Å²) in [6, 6.07) is 7.75.